The first-order valence-electron chi connectivity index (χ1n) is 8.96. The van der Waals surface area contributed by atoms with Crippen molar-refractivity contribution in [2.24, 2.45) is 14.1 Å². The molecular formula is C18H25N5O. The topological polar surface area (TPSA) is 56.0 Å². The van der Waals surface area contributed by atoms with E-state index in [1.165, 1.54) is 24.1 Å². The molecule has 128 valence electrons. The van der Waals surface area contributed by atoms with Gasteiger partial charge in [0.05, 0.1) is 0 Å². The van der Waals surface area contributed by atoms with Crippen molar-refractivity contribution in [1.82, 2.24) is 24.2 Å². The zero-order valence-corrected chi connectivity index (χ0v) is 14.5. The molecule has 1 aliphatic carbocycles. The summed E-state index contributed by atoms with van der Waals surface area (Å²) >= 11 is 0. The third kappa shape index (κ3) is 2.54. The van der Waals surface area contributed by atoms with Crippen molar-refractivity contribution in [3.05, 3.63) is 35.2 Å². The highest BCUT2D eigenvalue weighted by atomic mass is 16.2. The third-order valence-electron chi connectivity index (χ3n) is 5.57. The van der Waals surface area contributed by atoms with Gasteiger partial charge >= 0.3 is 0 Å². The van der Waals surface area contributed by atoms with E-state index in [-0.39, 0.29) is 5.91 Å². The van der Waals surface area contributed by atoms with Gasteiger partial charge in [-0.3, -0.25) is 9.48 Å². The normalized spacial score (nSPS) is 18.7. The van der Waals surface area contributed by atoms with E-state index in [0.717, 1.165) is 44.6 Å². The number of likely N-dealkylation sites (tertiary alicyclic amines) is 1. The molecule has 1 fully saturated rings. The van der Waals surface area contributed by atoms with Gasteiger partial charge in [-0.15, -0.1) is 0 Å². The lowest BCUT2D eigenvalue weighted by atomic mass is 9.93. The number of nitrogens with zero attached hydrogens (tertiary/aromatic N) is 5. The van der Waals surface area contributed by atoms with Crippen LogP contribution in [0.5, 0.6) is 0 Å². The van der Waals surface area contributed by atoms with Gasteiger partial charge in [0, 0.05) is 56.8 Å². The summed E-state index contributed by atoms with van der Waals surface area (Å²) in [5.41, 5.74) is 3.15. The fraction of sp³-hybridized carbons (Fsp3) is 0.611. The standard InChI is InChI=1S/C18H25N5O/c1-21-12-9-19-17(21)13-7-10-23(11-8-13)18(24)16-14-5-3-4-6-15(14)22(2)20-16/h9,12-13H,3-8,10-11H2,1-2H3. The first kappa shape index (κ1) is 15.4. The summed E-state index contributed by atoms with van der Waals surface area (Å²) in [4.78, 5) is 19.4. The Morgan fingerprint density at radius 3 is 2.62 bits per heavy atom. The van der Waals surface area contributed by atoms with Gasteiger partial charge < -0.3 is 9.47 Å². The number of aromatic nitrogens is 4. The molecule has 0 radical (unpaired) electrons. The molecule has 2 aliphatic rings. The molecule has 0 bridgehead atoms. The Morgan fingerprint density at radius 2 is 1.92 bits per heavy atom. The maximum absolute atomic E-state index is 13.0. The molecule has 0 spiro atoms. The molecule has 6 nitrogen and oxygen atoms in total. The van der Waals surface area contributed by atoms with E-state index in [4.69, 9.17) is 0 Å². The number of rotatable bonds is 2. The van der Waals surface area contributed by atoms with E-state index in [2.05, 4.69) is 14.6 Å². The molecule has 4 rings (SSSR count). The van der Waals surface area contributed by atoms with Gasteiger partial charge in [0.2, 0.25) is 0 Å². The molecule has 0 unspecified atom stereocenters. The molecule has 0 N–H and O–H groups in total. The van der Waals surface area contributed by atoms with Crippen LogP contribution in [0, 0.1) is 0 Å². The summed E-state index contributed by atoms with van der Waals surface area (Å²) in [5.74, 6) is 1.70. The van der Waals surface area contributed by atoms with Crippen LogP contribution in [0.4, 0.5) is 0 Å². The zero-order chi connectivity index (χ0) is 16.7. The minimum atomic E-state index is 0.118. The van der Waals surface area contributed by atoms with E-state index < -0.39 is 0 Å². The summed E-state index contributed by atoms with van der Waals surface area (Å²) in [7, 11) is 4.01. The van der Waals surface area contributed by atoms with E-state index in [0.29, 0.717) is 11.6 Å². The van der Waals surface area contributed by atoms with Crippen molar-refractivity contribution in [1.29, 1.82) is 0 Å². The molecule has 24 heavy (non-hydrogen) atoms. The zero-order valence-electron chi connectivity index (χ0n) is 14.5. The minimum absolute atomic E-state index is 0.118. The van der Waals surface area contributed by atoms with Crippen LogP contribution in [0.3, 0.4) is 0 Å². The summed E-state index contributed by atoms with van der Waals surface area (Å²) in [6.45, 7) is 1.59. The van der Waals surface area contributed by atoms with Crippen LogP contribution in [0.15, 0.2) is 12.4 Å². The number of piperidine rings is 1. The Bertz CT molecular complexity index is 752. The highest BCUT2D eigenvalue weighted by Gasteiger charge is 2.30. The molecule has 1 aliphatic heterocycles. The molecule has 1 saturated heterocycles. The summed E-state index contributed by atoms with van der Waals surface area (Å²) in [6.07, 6.45) is 10.2. The smallest absolute Gasteiger partial charge is 0.274 e. The average molecular weight is 327 g/mol. The highest BCUT2D eigenvalue weighted by Crippen LogP contribution is 2.29. The van der Waals surface area contributed by atoms with Crippen LogP contribution in [-0.4, -0.2) is 43.2 Å². The molecule has 2 aromatic heterocycles. The van der Waals surface area contributed by atoms with Crippen molar-refractivity contribution in [3.63, 3.8) is 0 Å². The number of fused-ring (bicyclic) bond motifs is 1. The van der Waals surface area contributed by atoms with Gasteiger partial charge in [-0.05, 0) is 38.5 Å². The molecule has 2 aromatic rings. The van der Waals surface area contributed by atoms with Gasteiger partial charge in [-0.1, -0.05) is 0 Å². The van der Waals surface area contributed by atoms with Crippen molar-refractivity contribution in [3.8, 4) is 0 Å². The number of amides is 1. The number of carbonyl (C=O) groups is 1. The molecule has 6 heteroatoms. The van der Waals surface area contributed by atoms with E-state index in [1.54, 1.807) is 0 Å². The largest absolute Gasteiger partial charge is 0.338 e. The number of aryl methyl sites for hydroxylation is 2. The molecule has 0 aromatic carbocycles. The SMILES string of the molecule is Cn1ccnc1C1CCN(C(=O)c2nn(C)c3c2CCCC3)CC1. The van der Waals surface area contributed by atoms with Crippen molar-refractivity contribution >= 4 is 5.91 Å². The predicted octanol–water partition coefficient (Wildman–Crippen LogP) is 2.05. The van der Waals surface area contributed by atoms with Crippen LogP contribution in [0.1, 0.15) is 59.2 Å². The van der Waals surface area contributed by atoms with Crippen LogP contribution in [-0.2, 0) is 26.9 Å². The van der Waals surface area contributed by atoms with Crippen LogP contribution in [0.2, 0.25) is 0 Å². The maximum Gasteiger partial charge on any atom is 0.274 e. The van der Waals surface area contributed by atoms with Gasteiger partial charge in [0.15, 0.2) is 5.69 Å². The quantitative estimate of drug-likeness (QED) is 0.848. The Hall–Kier alpha value is -2.11. The Balaban J connectivity index is 1.48. The molecule has 3 heterocycles. The first-order chi connectivity index (χ1) is 11.6. The van der Waals surface area contributed by atoms with Crippen molar-refractivity contribution < 1.29 is 4.79 Å². The lowest BCUT2D eigenvalue weighted by Gasteiger charge is -2.31. The number of carbonyl (C=O) groups excluding carboxylic acids is 1. The molecular weight excluding hydrogens is 302 g/mol. The minimum Gasteiger partial charge on any atom is -0.338 e. The van der Waals surface area contributed by atoms with Gasteiger partial charge in [0.25, 0.3) is 5.91 Å². The molecule has 0 atom stereocenters. The fourth-order valence-electron chi connectivity index (χ4n) is 4.21. The number of hydrogen-bond acceptors (Lipinski definition) is 3. The lowest BCUT2D eigenvalue weighted by Crippen LogP contribution is -2.39. The Labute approximate surface area is 142 Å². The Morgan fingerprint density at radius 1 is 1.17 bits per heavy atom. The Kier molecular flexibility index (Phi) is 3.90. The van der Waals surface area contributed by atoms with Gasteiger partial charge in [-0.2, -0.15) is 5.10 Å². The van der Waals surface area contributed by atoms with Crippen molar-refractivity contribution in [2.45, 2.75) is 44.4 Å². The summed E-state index contributed by atoms with van der Waals surface area (Å²) in [5, 5.41) is 4.56. The van der Waals surface area contributed by atoms with E-state index >= 15 is 0 Å². The third-order valence-corrected chi connectivity index (χ3v) is 5.57. The van der Waals surface area contributed by atoms with Crippen LogP contribution in [0.25, 0.3) is 0 Å². The van der Waals surface area contributed by atoms with Crippen LogP contribution >= 0.6 is 0 Å². The van der Waals surface area contributed by atoms with Gasteiger partial charge in [0.1, 0.15) is 5.82 Å². The average Bonchev–Trinajstić information content (AvgIpc) is 3.19. The maximum atomic E-state index is 13.0. The summed E-state index contributed by atoms with van der Waals surface area (Å²) in [6, 6.07) is 0. The highest BCUT2D eigenvalue weighted by molar-refractivity contribution is 5.94. The van der Waals surface area contributed by atoms with Crippen LogP contribution < -0.4 is 0 Å². The lowest BCUT2D eigenvalue weighted by molar-refractivity contribution is 0.0702. The summed E-state index contributed by atoms with van der Waals surface area (Å²) < 4.78 is 4.01. The first-order valence-corrected chi connectivity index (χ1v) is 8.96. The second kappa shape index (κ2) is 6.07. The van der Waals surface area contributed by atoms with Gasteiger partial charge in [-0.25, -0.2) is 4.98 Å². The number of hydrogen-bond donors (Lipinski definition) is 0. The number of imidazole rings is 1. The van der Waals surface area contributed by atoms with E-state index in [1.807, 2.05) is 36.1 Å². The molecule has 1 amide bonds. The second-order valence-corrected chi connectivity index (χ2v) is 7.07. The van der Waals surface area contributed by atoms with Crippen molar-refractivity contribution in [2.75, 3.05) is 13.1 Å². The second-order valence-electron chi connectivity index (χ2n) is 7.07. The molecule has 0 saturated carbocycles. The predicted molar refractivity (Wildman–Crippen MR) is 90.9 cm³/mol. The monoisotopic (exact) mass is 327 g/mol. The fourth-order valence-corrected chi connectivity index (χ4v) is 4.21. The van der Waals surface area contributed by atoms with E-state index in [9.17, 15) is 4.79 Å².